The number of nitrogens with zero attached hydrogens (tertiary/aromatic N) is 2. The lowest BCUT2D eigenvalue weighted by atomic mass is 9.99. The molecule has 0 saturated heterocycles. The van der Waals surface area contributed by atoms with E-state index in [-0.39, 0.29) is 12.2 Å². The molecular weight excluding hydrogens is 411 g/mol. The molecule has 6 nitrogen and oxygen atoms in total. The van der Waals surface area contributed by atoms with E-state index in [4.69, 9.17) is 0 Å². The van der Waals surface area contributed by atoms with Crippen LogP contribution < -0.4 is 15.6 Å². The maximum absolute atomic E-state index is 12.3. The summed E-state index contributed by atoms with van der Waals surface area (Å²) >= 11 is 0. The Morgan fingerprint density at radius 2 is 1.65 bits per heavy atom. The lowest BCUT2D eigenvalue weighted by Gasteiger charge is -2.12. The van der Waals surface area contributed by atoms with Crippen LogP contribution in [0.4, 0.5) is 18.9 Å². The number of carbonyl (C=O) groups excluding carboxylic acids is 1. The van der Waals surface area contributed by atoms with Crippen molar-refractivity contribution in [1.82, 2.24) is 9.78 Å². The van der Waals surface area contributed by atoms with Crippen LogP contribution in [0.1, 0.15) is 16.7 Å². The standard InChI is InChI=1S/C22H20F3N3O3/c1-13-10-15(3)18(11-14(13)2)19-8-9-21(30)28(27-19)12-20(29)26-16-4-6-17(7-5-16)31-22(23,24)25/h4-11H,12H2,1-3H3,(H,26,29). The quantitative estimate of drug-likeness (QED) is 0.651. The second-order valence-electron chi connectivity index (χ2n) is 7.09. The van der Waals surface area contributed by atoms with Gasteiger partial charge in [-0.05, 0) is 73.9 Å². The van der Waals surface area contributed by atoms with E-state index in [1.807, 2.05) is 32.9 Å². The third kappa shape index (κ3) is 5.71. The van der Waals surface area contributed by atoms with E-state index in [2.05, 4.69) is 15.2 Å². The molecule has 3 rings (SSSR count). The van der Waals surface area contributed by atoms with Crippen molar-refractivity contribution >= 4 is 11.6 Å². The minimum atomic E-state index is -4.79. The Balaban J connectivity index is 1.75. The highest BCUT2D eigenvalue weighted by molar-refractivity contribution is 5.90. The highest BCUT2D eigenvalue weighted by Crippen LogP contribution is 2.25. The fraction of sp³-hybridized carbons (Fsp3) is 0.227. The number of nitrogens with one attached hydrogen (secondary N) is 1. The van der Waals surface area contributed by atoms with Crippen molar-refractivity contribution < 1.29 is 22.7 Å². The summed E-state index contributed by atoms with van der Waals surface area (Å²) in [6, 6.07) is 11.6. The molecule has 1 amide bonds. The van der Waals surface area contributed by atoms with Crippen LogP contribution in [-0.4, -0.2) is 22.1 Å². The molecule has 0 atom stereocenters. The lowest BCUT2D eigenvalue weighted by molar-refractivity contribution is -0.274. The Kier molecular flexibility index (Phi) is 6.14. The monoisotopic (exact) mass is 431 g/mol. The van der Waals surface area contributed by atoms with Crippen molar-refractivity contribution in [1.29, 1.82) is 0 Å². The van der Waals surface area contributed by atoms with Gasteiger partial charge in [0.15, 0.2) is 0 Å². The summed E-state index contributed by atoms with van der Waals surface area (Å²) in [4.78, 5) is 24.5. The molecule has 0 unspecified atom stereocenters. The molecule has 162 valence electrons. The van der Waals surface area contributed by atoms with E-state index >= 15 is 0 Å². The Bertz CT molecular complexity index is 1170. The number of aryl methyl sites for hydroxylation is 3. The summed E-state index contributed by atoms with van der Waals surface area (Å²) in [5, 5.41) is 6.83. The van der Waals surface area contributed by atoms with Gasteiger partial charge < -0.3 is 10.1 Å². The molecule has 1 aromatic heterocycles. The van der Waals surface area contributed by atoms with Crippen molar-refractivity contribution in [3.63, 3.8) is 0 Å². The lowest BCUT2D eigenvalue weighted by Crippen LogP contribution is -2.29. The van der Waals surface area contributed by atoms with Crippen LogP contribution in [0.3, 0.4) is 0 Å². The van der Waals surface area contributed by atoms with Gasteiger partial charge in [0.25, 0.3) is 5.56 Å². The topological polar surface area (TPSA) is 73.2 Å². The summed E-state index contributed by atoms with van der Waals surface area (Å²) in [5.74, 6) is -0.951. The van der Waals surface area contributed by atoms with Crippen molar-refractivity contribution in [3.05, 3.63) is 75.6 Å². The zero-order chi connectivity index (χ0) is 22.8. The van der Waals surface area contributed by atoms with Gasteiger partial charge in [-0.15, -0.1) is 13.2 Å². The molecule has 0 radical (unpaired) electrons. The third-order valence-electron chi connectivity index (χ3n) is 4.65. The predicted octanol–water partition coefficient (Wildman–Crippen LogP) is 4.37. The molecule has 0 fully saturated rings. The number of hydrogen-bond donors (Lipinski definition) is 1. The summed E-state index contributed by atoms with van der Waals surface area (Å²) in [7, 11) is 0. The number of benzene rings is 2. The smallest absolute Gasteiger partial charge is 0.406 e. The number of anilines is 1. The average Bonchev–Trinajstić information content (AvgIpc) is 2.67. The van der Waals surface area contributed by atoms with Gasteiger partial charge in [-0.1, -0.05) is 6.07 Å². The van der Waals surface area contributed by atoms with Crippen LogP contribution in [0.25, 0.3) is 11.3 Å². The molecule has 0 aliphatic carbocycles. The van der Waals surface area contributed by atoms with Gasteiger partial charge >= 0.3 is 6.36 Å². The van der Waals surface area contributed by atoms with Crippen molar-refractivity contribution in [3.8, 4) is 17.0 Å². The second kappa shape index (κ2) is 8.63. The van der Waals surface area contributed by atoms with E-state index in [1.165, 1.54) is 18.2 Å². The van der Waals surface area contributed by atoms with Crippen LogP contribution in [0, 0.1) is 20.8 Å². The fourth-order valence-corrected chi connectivity index (χ4v) is 3.02. The third-order valence-corrected chi connectivity index (χ3v) is 4.65. The van der Waals surface area contributed by atoms with Crippen LogP contribution in [-0.2, 0) is 11.3 Å². The van der Waals surface area contributed by atoms with Crippen molar-refractivity contribution in [2.45, 2.75) is 33.7 Å². The van der Waals surface area contributed by atoms with Gasteiger partial charge in [0, 0.05) is 17.3 Å². The average molecular weight is 431 g/mol. The summed E-state index contributed by atoms with van der Waals surface area (Å²) in [6.45, 7) is 5.58. The predicted molar refractivity (Wildman–Crippen MR) is 110 cm³/mol. The second-order valence-corrected chi connectivity index (χ2v) is 7.09. The van der Waals surface area contributed by atoms with E-state index < -0.39 is 23.6 Å². The molecule has 0 aliphatic rings. The number of rotatable bonds is 5. The SMILES string of the molecule is Cc1cc(C)c(-c2ccc(=O)n(CC(=O)Nc3ccc(OC(F)(F)F)cc3)n2)cc1C. The molecule has 9 heteroatoms. The first-order chi connectivity index (χ1) is 14.5. The number of alkyl halides is 3. The minimum Gasteiger partial charge on any atom is -0.406 e. The summed E-state index contributed by atoms with van der Waals surface area (Å²) in [6.07, 6.45) is -4.79. The first kappa shape index (κ1) is 22.1. The van der Waals surface area contributed by atoms with Crippen molar-refractivity contribution in [2.24, 2.45) is 0 Å². The fourth-order valence-electron chi connectivity index (χ4n) is 3.02. The Morgan fingerprint density at radius 3 is 2.29 bits per heavy atom. The molecule has 3 aromatic rings. The molecule has 0 spiro atoms. The molecule has 1 heterocycles. The molecular formula is C22H20F3N3O3. The van der Waals surface area contributed by atoms with E-state index in [1.54, 1.807) is 6.07 Å². The largest absolute Gasteiger partial charge is 0.573 e. The Labute approximate surface area is 176 Å². The number of halogens is 3. The Hall–Kier alpha value is -3.62. The highest BCUT2D eigenvalue weighted by Gasteiger charge is 2.30. The van der Waals surface area contributed by atoms with Crippen LogP contribution in [0.2, 0.25) is 0 Å². The number of carbonyl (C=O) groups is 1. The van der Waals surface area contributed by atoms with Gasteiger partial charge in [0.2, 0.25) is 5.91 Å². The van der Waals surface area contributed by atoms with Gasteiger partial charge in [-0.3, -0.25) is 9.59 Å². The van der Waals surface area contributed by atoms with Gasteiger partial charge in [0.1, 0.15) is 12.3 Å². The highest BCUT2D eigenvalue weighted by atomic mass is 19.4. The molecule has 0 bridgehead atoms. The molecule has 2 aromatic carbocycles. The molecule has 0 saturated carbocycles. The number of aromatic nitrogens is 2. The van der Waals surface area contributed by atoms with Crippen LogP contribution >= 0.6 is 0 Å². The Morgan fingerprint density at radius 1 is 1.00 bits per heavy atom. The maximum Gasteiger partial charge on any atom is 0.573 e. The van der Waals surface area contributed by atoms with Crippen LogP contribution in [0.15, 0.2) is 53.3 Å². The summed E-state index contributed by atoms with van der Waals surface area (Å²) in [5.41, 5.74) is 4.44. The minimum absolute atomic E-state index is 0.258. The molecule has 31 heavy (non-hydrogen) atoms. The number of hydrogen-bond acceptors (Lipinski definition) is 4. The summed E-state index contributed by atoms with van der Waals surface area (Å²) < 4.78 is 41.5. The number of ether oxygens (including phenoxy) is 1. The zero-order valence-corrected chi connectivity index (χ0v) is 17.1. The zero-order valence-electron chi connectivity index (χ0n) is 17.1. The first-order valence-electron chi connectivity index (χ1n) is 9.34. The van der Waals surface area contributed by atoms with E-state index in [9.17, 15) is 22.8 Å². The maximum atomic E-state index is 12.3. The molecule has 1 N–H and O–H groups in total. The normalized spacial score (nSPS) is 11.3. The molecule has 0 aliphatic heterocycles. The van der Waals surface area contributed by atoms with Crippen molar-refractivity contribution in [2.75, 3.05) is 5.32 Å². The number of amides is 1. The first-order valence-corrected chi connectivity index (χ1v) is 9.34. The van der Waals surface area contributed by atoms with Crippen LogP contribution in [0.5, 0.6) is 5.75 Å². The van der Waals surface area contributed by atoms with Gasteiger partial charge in [-0.25, -0.2) is 4.68 Å². The van der Waals surface area contributed by atoms with E-state index in [0.717, 1.165) is 39.1 Å². The van der Waals surface area contributed by atoms with Gasteiger partial charge in [0.05, 0.1) is 5.69 Å². The van der Waals surface area contributed by atoms with E-state index in [0.29, 0.717) is 5.69 Å². The van der Waals surface area contributed by atoms with Gasteiger partial charge in [-0.2, -0.15) is 5.10 Å².